The van der Waals surface area contributed by atoms with Gasteiger partial charge < -0.3 is 10.6 Å². The third kappa shape index (κ3) is 5.77. The molecule has 0 aliphatic rings. The Morgan fingerprint density at radius 2 is 1.83 bits per heavy atom. The maximum Gasteiger partial charge on any atom is 0.288 e. The number of thiazole rings is 1. The number of carbonyl (C=O) groups is 2. The molecule has 0 unspecified atom stereocenters. The van der Waals surface area contributed by atoms with Gasteiger partial charge in [0.25, 0.3) is 11.7 Å². The fourth-order valence-corrected chi connectivity index (χ4v) is 4.46. The van der Waals surface area contributed by atoms with Crippen LogP contribution in [0.2, 0.25) is 0 Å². The lowest BCUT2D eigenvalue weighted by molar-refractivity contribution is -0.118. The Kier molecular flexibility index (Phi) is 7.43. The predicted molar refractivity (Wildman–Crippen MR) is 120 cm³/mol. The highest BCUT2D eigenvalue weighted by molar-refractivity contribution is 9.10. The molecule has 0 bridgehead atoms. The molecule has 2 N–H and O–H groups in total. The van der Waals surface area contributed by atoms with Crippen LogP contribution >= 0.6 is 39.0 Å². The van der Waals surface area contributed by atoms with E-state index in [2.05, 4.69) is 31.5 Å². The van der Waals surface area contributed by atoms with Crippen molar-refractivity contribution < 1.29 is 18.4 Å². The molecular formula is C20H18BrF2N3O2S2. The predicted octanol–water partition coefficient (Wildman–Crippen LogP) is 5.77. The molecule has 0 saturated carbocycles. The van der Waals surface area contributed by atoms with Crippen molar-refractivity contribution in [3.63, 3.8) is 0 Å². The molecule has 0 aliphatic heterocycles. The second-order valence-corrected chi connectivity index (χ2v) is 9.73. The number of thioether (sulfide) groups is 1. The molecule has 0 saturated heterocycles. The van der Waals surface area contributed by atoms with Gasteiger partial charge in [0.15, 0.2) is 5.13 Å². The van der Waals surface area contributed by atoms with Crippen LogP contribution in [-0.4, -0.2) is 28.6 Å². The smallest absolute Gasteiger partial charge is 0.288 e. The summed E-state index contributed by atoms with van der Waals surface area (Å²) in [6.07, 6.45) is 0. The molecule has 3 aromatic rings. The zero-order chi connectivity index (χ0) is 21.8. The van der Waals surface area contributed by atoms with E-state index >= 15 is 0 Å². The zero-order valence-corrected chi connectivity index (χ0v) is 19.2. The Labute approximate surface area is 188 Å². The second-order valence-electron chi connectivity index (χ2n) is 6.72. The number of carbonyl (C=O) groups excluding carboxylic acids is 2. The number of anilines is 1. The number of benzene rings is 2. The van der Waals surface area contributed by atoms with Crippen LogP contribution in [0.25, 0.3) is 10.2 Å². The number of nitrogens with zero attached hydrogens (tertiary/aromatic N) is 1. The number of aromatic nitrogens is 1. The molecule has 5 nitrogen and oxygen atoms in total. The van der Waals surface area contributed by atoms with Crippen LogP contribution < -0.4 is 10.6 Å². The first-order valence-electron chi connectivity index (χ1n) is 8.95. The van der Waals surface area contributed by atoms with Gasteiger partial charge in [0.05, 0.1) is 10.2 Å². The Balaban J connectivity index is 1.72. The molecule has 1 atom stereocenters. The van der Waals surface area contributed by atoms with E-state index in [-0.39, 0.29) is 11.8 Å². The van der Waals surface area contributed by atoms with Crippen molar-refractivity contribution in [2.75, 3.05) is 5.32 Å². The molecule has 0 aliphatic carbocycles. The Hall–Kier alpha value is -2.04. The normalized spacial score (nSPS) is 12.4. The quantitative estimate of drug-likeness (QED) is 0.393. The lowest BCUT2D eigenvalue weighted by Crippen LogP contribution is -2.47. The summed E-state index contributed by atoms with van der Waals surface area (Å²) in [5.41, 5.74) is 1.05. The lowest BCUT2D eigenvalue weighted by Gasteiger charge is -2.21. The minimum absolute atomic E-state index is 0.159. The topological polar surface area (TPSA) is 71.1 Å². The number of nitrogens with one attached hydrogen (secondary N) is 2. The first-order chi connectivity index (χ1) is 14.2. The van der Waals surface area contributed by atoms with Crippen molar-refractivity contribution in [1.82, 2.24) is 10.3 Å². The van der Waals surface area contributed by atoms with Crippen LogP contribution in [0.15, 0.2) is 51.8 Å². The van der Waals surface area contributed by atoms with Gasteiger partial charge in [-0.25, -0.2) is 4.98 Å². The van der Waals surface area contributed by atoms with Crippen molar-refractivity contribution in [1.29, 1.82) is 0 Å². The maximum absolute atomic E-state index is 12.8. The Bertz CT molecular complexity index is 1060. The largest absolute Gasteiger partial charge is 0.340 e. The first-order valence-corrected chi connectivity index (χ1v) is 11.4. The van der Waals surface area contributed by atoms with Crippen LogP contribution in [0.4, 0.5) is 13.9 Å². The summed E-state index contributed by atoms with van der Waals surface area (Å²) in [4.78, 5) is 30.1. The molecule has 2 aromatic carbocycles. The molecule has 0 radical (unpaired) electrons. The van der Waals surface area contributed by atoms with Crippen LogP contribution in [0, 0.1) is 5.92 Å². The molecule has 0 spiro atoms. The molecule has 3 rings (SSSR count). The van der Waals surface area contributed by atoms with E-state index in [1.54, 1.807) is 42.5 Å². The van der Waals surface area contributed by atoms with Crippen molar-refractivity contribution >= 4 is 66.2 Å². The van der Waals surface area contributed by atoms with Crippen molar-refractivity contribution in [3.05, 3.63) is 52.5 Å². The maximum atomic E-state index is 12.8. The summed E-state index contributed by atoms with van der Waals surface area (Å²) in [6.45, 7) is 3.66. The molecule has 10 heteroatoms. The molecule has 1 heterocycles. The Morgan fingerprint density at radius 1 is 1.13 bits per heavy atom. The third-order valence-corrected chi connectivity index (χ3v) is 6.32. The highest BCUT2D eigenvalue weighted by atomic mass is 79.9. The van der Waals surface area contributed by atoms with Crippen LogP contribution in [0.3, 0.4) is 0 Å². The number of alkyl halides is 2. The van der Waals surface area contributed by atoms with Gasteiger partial charge in [0.1, 0.15) is 6.04 Å². The number of rotatable bonds is 7. The molecule has 1 aromatic heterocycles. The summed E-state index contributed by atoms with van der Waals surface area (Å²) in [7, 11) is 0. The highest BCUT2D eigenvalue weighted by Crippen LogP contribution is 2.32. The number of fused-ring (bicyclic) bond motifs is 1. The summed E-state index contributed by atoms with van der Waals surface area (Å²) in [5, 5.41) is 5.84. The SMILES string of the molecule is CC(C)[C@@H](NC(=O)c1ccc(Br)cc1)C(=O)Nc1nc2ccc(SC(F)F)cc2s1. The van der Waals surface area contributed by atoms with E-state index in [0.29, 0.717) is 37.6 Å². The fourth-order valence-electron chi connectivity index (χ4n) is 2.68. The molecular weight excluding hydrogens is 496 g/mol. The van der Waals surface area contributed by atoms with Gasteiger partial charge in [0.2, 0.25) is 5.91 Å². The third-order valence-electron chi connectivity index (χ3n) is 4.16. The minimum Gasteiger partial charge on any atom is -0.340 e. The Morgan fingerprint density at radius 3 is 2.47 bits per heavy atom. The van der Waals surface area contributed by atoms with E-state index in [4.69, 9.17) is 0 Å². The number of amides is 2. The van der Waals surface area contributed by atoms with Gasteiger partial charge in [-0.2, -0.15) is 8.78 Å². The van der Waals surface area contributed by atoms with E-state index < -0.39 is 17.7 Å². The zero-order valence-electron chi connectivity index (χ0n) is 16.0. The van der Waals surface area contributed by atoms with Gasteiger partial charge in [-0.05, 0) is 48.4 Å². The van der Waals surface area contributed by atoms with E-state index in [1.165, 1.54) is 11.3 Å². The van der Waals surface area contributed by atoms with Crippen molar-refractivity contribution in [2.24, 2.45) is 5.92 Å². The highest BCUT2D eigenvalue weighted by Gasteiger charge is 2.25. The molecule has 0 fully saturated rings. The minimum atomic E-state index is -2.50. The first kappa shape index (κ1) is 22.6. The van der Waals surface area contributed by atoms with Crippen LogP contribution in [0.1, 0.15) is 24.2 Å². The summed E-state index contributed by atoms with van der Waals surface area (Å²) in [5.74, 6) is -3.41. The molecule has 158 valence electrons. The van der Waals surface area contributed by atoms with Gasteiger partial charge in [-0.15, -0.1) is 0 Å². The standard InChI is InChI=1S/C20H18BrF2N3O2S2/c1-10(2)16(25-17(27)11-3-5-12(21)6-4-11)18(28)26-20-24-14-8-7-13(29-19(22)23)9-15(14)30-20/h3-10,16,19H,1-2H3,(H,25,27)(H,24,26,28)/t16-/m1/s1. The number of halogens is 3. The van der Waals surface area contributed by atoms with Gasteiger partial charge in [-0.3, -0.25) is 9.59 Å². The van der Waals surface area contributed by atoms with Crippen molar-refractivity contribution in [2.45, 2.75) is 30.5 Å². The fraction of sp³-hybridized carbons (Fsp3) is 0.250. The van der Waals surface area contributed by atoms with Crippen LogP contribution in [0.5, 0.6) is 0 Å². The molecule has 2 amide bonds. The van der Waals surface area contributed by atoms with Crippen LogP contribution in [-0.2, 0) is 4.79 Å². The summed E-state index contributed by atoms with van der Waals surface area (Å²) >= 11 is 4.97. The van der Waals surface area contributed by atoms with Gasteiger partial charge >= 0.3 is 0 Å². The van der Waals surface area contributed by atoms with Gasteiger partial charge in [0, 0.05) is 14.9 Å². The average molecular weight is 514 g/mol. The summed E-state index contributed by atoms with van der Waals surface area (Å²) in [6, 6.07) is 10.9. The van der Waals surface area contributed by atoms with E-state index in [0.717, 1.165) is 4.47 Å². The summed E-state index contributed by atoms with van der Waals surface area (Å²) < 4.78 is 26.7. The van der Waals surface area contributed by atoms with Crippen molar-refractivity contribution in [3.8, 4) is 0 Å². The monoisotopic (exact) mass is 513 g/mol. The van der Waals surface area contributed by atoms with Gasteiger partial charge in [-0.1, -0.05) is 52.9 Å². The van der Waals surface area contributed by atoms with E-state index in [1.807, 2.05) is 13.8 Å². The lowest BCUT2D eigenvalue weighted by atomic mass is 10.0. The average Bonchev–Trinajstić information content (AvgIpc) is 3.07. The van der Waals surface area contributed by atoms with E-state index in [9.17, 15) is 18.4 Å². The number of hydrogen-bond acceptors (Lipinski definition) is 5. The second kappa shape index (κ2) is 9.84. The molecule has 30 heavy (non-hydrogen) atoms. The number of hydrogen-bond donors (Lipinski definition) is 2.